The lowest BCUT2D eigenvalue weighted by Crippen LogP contribution is -2.30. The molecule has 0 saturated heterocycles. The minimum atomic E-state index is -0.797. The van der Waals surface area contributed by atoms with Gasteiger partial charge in [-0.25, -0.2) is 0 Å². The molecule has 0 heterocycles. The number of hydrogen-bond acceptors (Lipinski definition) is 3. The van der Waals surface area contributed by atoms with Gasteiger partial charge in [0.1, 0.15) is 0 Å². The van der Waals surface area contributed by atoms with E-state index in [1.54, 1.807) is 31.2 Å². The highest BCUT2D eigenvalue weighted by Crippen LogP contribution is 2.27. The molecular weight excluding hydrogens is 290 g/mol. The Morgan fingerprint density at radius 2 is 1.90 bits per heavy atom. The molecule has 2 rings (SSSR count). The van der Waals surface area contributed by atoms with Crippen molar-refractivity contribution in [3.63, 3.8) is 0 Å². The van der Waals surface area contributed by atoms with Gasteiger partial charge in [0.05, 0.1) is 0 Å². The fraction of sp³-hybridized carbons (Fsp3) is 0.500. The molecule has 1 saturated carbocycles. The summed E-state index contributed by atoms with van der Waals surface area (Å²) in [6.45, 7) is 1.58. The van der Waals surface area contributed by atoms with Crippen molar-refractivity contribution < 1.29 is 14.3 Å². The zero-order chi connectivity index (χ0) is 15.2. The maximum atomic E-state index is 11.9. The van der Waals surface area contributed by atoms with E-state index in [-0.39, 0.29) is 11.9 Å². The van der Waals surface area contributed by atoms with Crippen LogP contribution in [-0.4, -0.2) is 18.0 Å². The van der Waals surface area contributed by atoms with Crippen LogP contribution in [0.2, 0.25) is 5.02 Å². The van der Waals surface area contributed by atoms with Gasteiger partial charge >= 0.3 is 5.97 Å². The molecule has 0 unspecified atom stereocenters. The number of carbonyl (C=O) groups is 2. The third-order valence-electron chi connectivity index (χ3n) is 3.72. The van der Waals surface area contributed by atoms with E-state index in [1.165, 1.54) is 12.8 Å². The molecule has 21 heavy (non-hydrogen) atoms. The lowest BCUT2D eigenvalue weighted by molar-refractivity contribution is -0.154. The normalized spacial score (nSPS) is 16.5. The maximum absolute atomic E-state index is 11.9. The molecule has 0 aliphatic heterocycles. The van der Waals surface area contributed by atoms with Gasteiger partial charge in [0.25, 0.3) is 5.91 Å². The molecule has 1 aromatic rings. The summed E-state index contributed by atoms with van der Waals surface area (Å²) >= 11 is 5.78. The Morgan fingerprint density at radius 3 is 2.52 bits per heavy atom. The zero-order valence-corrected chi connectivity index (χ0v) is 12.9. The van der Waals surface area contributed by atoms with Crippen LogP contribution in [0, 0.1) is 5.92 Å². The molecule has 1 aliphatic rings. The summed E-state index contributed by atoms with van der Waals surface area (Å²) in [5.41, 5.74) is 0.628. The SMILES string of the molecule is C[C@@H](OC(=O)CC1CCCC1)C(=O)Nc1ccc(Cl)cc1. The fourth-order valence-electron chi connectivity index (χ4n) is 2.53. The molecule has 0 bridgehead atoms. The lowest BCUT2D eigenvalue weighted by Gasteiger charge is -2.15. The number of esters is 1. The highest BCUT2D eigenvalue weighted by atomic mass is 35.5. The number of ether oxygens (including phenoxy) is 1. The van der Waals surface area contributed by atoms with Gasteiger partial charge in [0.15, 0.2) is 6.10 Å². The standard InChI is InChI=1S/C16H20ClNO3/c1-11(21-15(19)10-12-4-2-3-5-12)16(20)18-14-8-6-13(17)7-9-14/h6-9,11-12H,2-5,10H2,1H3,(H,18,20)/t11-/m1/s1. The van der Waals surface area contributed by atoms with Crippen LogP contribution in [0.1, 0.15) is 39.0 Å². The first kappa shape index (κ1) is 15.8. The molecular formula is C16H20ClNO3. The number of carbonyl (C=O) groups excluding carboxylic acids is 2. The highest BCUT2D eigenvalue weighted by molar-refractivity contribution is 6.30. The van der Waals surface area contributed by atoms with E-state index in [0.29, 0.717) is 23.0 Å². The number of rotatable bonds is 5. The molecule has 1 aliphatic carbocycles. The number of benzene rings is 1. The summed E-state index contributed by atoms with van der Waals surface area (Å²) in [5, 5.41) is 3.29. The van der Waals surface area contributed by atoms with Gasteiger partial charge in [-0.3, -0.25) is 9.59 Å². The fourth-order valence-corrected chi connectivity index (χ4v) is 2.65. The summed E-state index contributed by atoms with van der Waals surface area (Å²) < 4.78 is 5.19. The van der Waals surface area contributed by atoms with Gasteiger partial charge in [-0.2, -0.15) is 0 Å². The second-order valence-corrected chi connectivity index (χ2v) is 5.92. The van der Waals surface area contributed by atoms with E-state index in [0.717, 1.165) is 12.8 Å². The number of anilines is 1. The van der Waals surface area contributed by atoms with Crippen molar-refractivity contribution >= 4 is 29.2 Å². The van der Waals surface area contributed by atoms with Gasteiger partial charge < -0.3 is 10.1 Å². The second kappa shape index (κ2) is 7.46. The molecule has 0 aromatic heterocycles. The van der Waals surface area contributed by atoms with Crippen LogP contribution in [0.4, 0.5) is 5.69 Å². The smallest absolute Gasteiger partial charge is 0.306 e. The first-order valence-electron chi connectivity index (χ1n) is 7.30. The van der Waals surface area contributed by atoms with E-state index in [4.69, 9.17) is 16.3 Å². The van der Waals surface area contributed by atoms with E-state index < -0.39 is 6.10 Å². The number of hydrogen-bond donors (Lipinski definition) is 1. The lowest BCUT2D eigenvalue weighted by atomic mass is 10.0. The minimum Gasteiger partial charge on any atom is -0.453 e. The van der Waals surface area contributed by atoms with Gasteiger partial charge in [-0.1, -0.05) is 24.4 Å². The third-order valence-corrected chi connectivity index (χ3v) is 3.97. The Labute approximate surface area is 129 Å². The van der Waals surface area contributed by atoms with Crippen LogP contribution in [0.15, 0.2) is 24.3 Å². The average molecular weight is 310 g/mol. The van der Waals surface area contributed by atoms with Crippen molar-refractivity contribution in [1.82, 2.24) is 0 Å². The quantitative estimate of drug-likeness (QED) is 0.842. The molecule has 1 atom stereocenters. The Hall–Kier alpha value is -1.55. The van der Waals surface area contributed by atoms with Gasteiger partial charge in [0, 0.05) is 17.1 Å². The molecule has 1 fully saturated rings. The second-order valence-electron chi connectivity index (χ2n) is 5.48. The maximum Gasteiger partial charge on any atom is 0.306 e. The Balaban J connectivity index is 1.78. The van der Waals surface area contributed by atoms with E-state index >= 15 is 0 Å². The third kappa shape index (κ3) is 5.05. The predicted molar refractivity (Wildman–Crippen MR) is 82.2 cm³/mol. The number of nitrogens with one attached hydrogen (secondary N) is 1. The number of halogens is 1. The van der Waals surface area contributed by atoms with Crippen molar-refractivity contribution in [3.05, 3.63) is 29.3 Å². The zero-order valence-electron chi connectivity index (χ0n) is 12.1. The molecule has 0 radical (unpaired) electrons. The number of amides is 1. The highest BCUT2D eigenvalue weighted by Gasteiger charge is 2.22. The van der Waals surface area contributed by atoms with Crippen LogP contribution in [0.25, 0.3) is 0 Å². The summed E-state index contributed by atoms with van der Waals surface area (Å²) in [4.78, 5) is 23.7. The molecule has 1 amide bonds. The van der Waals surface area contributed by atoms with E-state index in [9.17, 15) is 9.59 Å². The van der Waals surface area contributed by atoms with Crippen LogP contribution >= 0.6 is 11.6 Å². The van der Waals surface area contributed by atoms with Crippen molar-refractivity contribution in [1.29, 1.82) is 0 Å². The summed E-state index contributed by atoms with van der Waals surface area (Å²) in [7, 11) is 0. The molecule has 1 N–H and O–H groups in total. The average Bonchev–Trinajstić information content (AvgIpc) is 2.94. The van der Waals surface area contributed by atoms with Crippen molar-refractivity contribution in [2.75, 3.05) is 5.32 Å². The van der Waals surface area contributed by atoms with Crippen molar-refractivity contribution in [2.45, 2.75) is 45.1 Å². The van der Waals surface area contributed by atoms with Crippen molar-refractivity contribution in [3.8, 4) is 0 Å². The van der Waals surface area contributed by atoms with Crippen LogP contribution in [0.5, 0.6) is 0 Å². The van der Waals surface area contributed by atoms with Gasteiger partial charge in [0.2, 0.25) is 0 Å². The molecule has 5 heteroatoms. The van der Waals surface area contributed by atoms with Crippen molar-refractivity contribution in [2.24, 2.45) is 5.92 Å². The predicted octanol–water partition coefficient (Wildman–Crippen LogP) is 3.79. The first-order valence-corrected chi connectivity index (χ1v) is 7.68. The topological polar surface area (TPSA) is 55.4 Å². The Kier molecular flexibility index (Phi) is 5.62. The molecule has 4 nitrogen and oxygen atoms in total. The summed E-state index contributed by atoms with van der Waals surface area (Å²) in [5.74, 6) is -0.207. The van der Waals surface area contributed by atoms with Crippen LogP contribution < -0.4 is 5.32 Å². The molecule has 1 aromatic carbocycles. The molecule has 114 valence electrons. The Bertz CT molecular complexity index is 495. The largest absolute Gasteiger partial charge is 0.453 e. The van der Waals surface area contributed by atoms with Crippen LogP contribution in [-0.2, 0) is 14.3 Å². The summed E-state index contributed by atoms with van der Waals surface area (Å²) in [6, 6.07) is 6.78. The van der Waals surface area contributed by atoms with E-state index in [1.807, 2.05) is 0 Å². The van der Waals surface area contributed by atoms with Gasteiger partial charge in [-0.05, 0) is 49.9 Å². The van der Waals surface area contributed by atoms with E-state index in [2.05, 4.69) is 5.32 Å². The summed E-state index contributed by atoms with van der Waals surface area (Å²) in [6.07, 6.45) is 4.16. The van der Waals surface area contributed by atoms with Gasteiger partial charge in [-0.15, -0.1) is 0 Å². The van der Waals surface area contributed by atoms with Crippen LogP contribution in [0.3, 0.4) is 0 Å². The Morgan fingerprint density at radius 1 is 1.29 bits per heavy atom. The monoisotopic (exact) mass is 309 g/mol. The first-order chi connectivity index (χ1) is 10.0. The minimum absolute atomic E-state index is 0.291. The molecule has 0 spiro atoms.